The van der Waals surface area contributed by atoms with Crippen molar-refractivity contribution in [1.29, 1.82) is 0 Å². The van der Waals surface area contributed by atoms with Crippen LogP contribution in [0.25, 0.3) is 0 Å². The van der Waals surface area contributed by atoms with E-state index in [9.17, 15) is 4.79 Å². The summed E-state index contributed by atoms with van der Waals surface area (Å²) in [4.78, 5) is 16.7. The molecule has 1 fully saturated rings. The van der Waals surface area contributed by atoms with Gasteiger partial charge in [0, 0.05) is 25.2 Å². The number of carbonyl (C=O) groups excluding carboxylic acids is 1. The zero-order valence-corrected chi connectivity index (χ0v) is 12.9. The SMILES string of the molecule is CCCc1[nH]nc(C(=O)N2CCN(C)C(C)(C)C2)c1N. The van der Waals surface area contributed by atoms with Crippen molar-refractivity contribution in [3.05, 3.63) is 11.4 Å². The highest BCUT2D eigenvalue weighted by atomic mass is 16.2. The van der Waals surface area contributed by atoms with Crippen molar-refractivity contribution < 1.29 is 4.79 Å². The molecule has 20 heavy (non-hydrogen) atoms. The van der Waals surface area contributed by atoms with E-state index in [1.54, 1.807) is 0 Å². The van der Waals surface area contributed by atoms with E-state index >= 15 is 0 Å². The molecule has 2 heterocycles. The Morgan fingerprint density at radius 3 is 2.75 bits per heavy atom. The number of hydrogen-bond donors (Lipinski definition) is 2. The molecule has 0 atom stereocenters. The van der Waals surface area contributed by atoms with Gasteiger partial charge in [-0.25, -0.2) is 0 Å². The van der Waals surface area contributed by atoms with E-state index in [-0.39, 0.29) is 11.4 Å². The van der Waals surface area contributed by atoms with Crippen LogP contribution in [-0.2, 0) is 6.42 Å². The summed E-state index contributed by atoms with van der Waals surface area (Å²) in [7, 11) is 2.09. The van der Waals surface area contributed by atoms with Crippen molar-refractivity contribution in [1.82, 2.24) is 20.0 Å². The molecular formula is C14H25N5O. The van der Waals surface area contributed by atoms with Crippen molar-refractivity contribution in [3.8, 4) is 0 Å². The molecule has 3 N–H and O–H groups in total. The van der Waals surface area contributed by atoms with Crippen LogP contribution < -0.4 is 5.73 Å². The molecule has 0 spiro atoms. The maximum atomic E-state index is 12.6. The maximum absolute atomic E-state index is 12.6. The zero-order valence-electron chi connectivity index (χ0n) is 12.9. The minimum absolute atomic E-state index is 0.0226. The van der Waals surface area contributed by atoms with Gasteiger partial charge in [0.05, 0.1) is 11.4 Å². The fourth-order valence-electron chi connectivity index (χ4n) is 2.55. The number of nitrogen functional groups attached to an aromatic ring is 1. The minimum atomic E-state index is -0.0673. The second-order valence-electron chi connectivity index (χ2n) is 6.18. The van der Waals surface area contributed by atoms with Crippen LogP contribution in [0.4, 0.5) is 5.69 Å². The van der Waals surface area contributed by atoms with Crippen LogP contribution in [0, 0.1) is 0 Å². The summed E-state index contributed by atoms with van der Waals surface area (Å²) in [6.07, 6.45) is 1.79. The van der Waals surface area contributed by atoms with Crippen molar-refractivity contribution in [2.75, 3.05) is 32.4 Å². The molecule has 1 aromatic rings. The molecule has 6 nitrogen and oxygen atoms in total. The standard InChI is InChI=1S/C14H25N5O/c1-5-6-10-11(15)12(17-16-10)13(20)19-8-7-18(4)14(2,3)9-19/h5-9,15H2,1-4H3,(H,16,17). The number of amides is 1. The van der Waals surface area contributed by atoms with E-state index in [0.717, 1.165) is 25.1 Å². The molecule has 0 radical (unpaired) electrons. The molecule has 1 aliphatic rings. The van der Waals surface area contributed by atoms with E-state index in [1.165, 1.54) is 0 Å². The minimum Gasteiger partial charge on any atom is -0.395 e. The van der Waals surface area contributed by atoms with Gasteiger partial charge in [0.1, 0.15) is 0 Å². The molecule has 0 aromatic carbocycles. The lowest BCUT2D eigenvalue weighted by atomic mass is 9.99. The van der Waals surface area contributed by atoms with Crippen LogP contribution in [-0.4, -0.2) is 58.1 Å². The molecule has 0 unspecified atom stereocenters. The monoisotopic (exact) mass is 279 g/mol. The Labute approximate surface area is 120 Å². The van der Waals surface area contributed by atoms with Crippen LogP contribution in [0.5, 0.6) is 0 Å². The Morgan fingerprint density at radius 1 is 1.45 bits per heavy atom. The van der Waals surface area contributed by atoms with Gasteiger partial charge < -0.3 is 10.6 Å². The molecule has 0 bridgehead atoms. The van der Waals surface area contributed by atoms with Gasteiger partial charge in [-0.15, -0.1) is 0 Å². The van der Waals surface area contributed by atoms with E-state index in [2.05, 4.69) is 42.9 Å². The van der Waals surface area contributed by atoms with Crippen LogP contribution in [0.3, 0.4) is 0 Å². The molecule has 1 aromatic heterocycles. The van der Waals surface area contributed by atoms with Gasteiger partial charge in [-0.3, -0.25) is 14.8 Å². The molecule has 1 saturated heterocycles. The van der Waals surface area contributed by atoms with Crippen LogP contribution in [0.15, 0.2) is 0 Å². The van der Waals surface area contributed by atoms with Gasteiger partial charge in [0.15, 0.2) is 5.69 Å². The summed E-state index contributed by atoms with van der Waals surface area (Å²) < 4.78 is 0. The van der Waals surface area contributed by atoms with E-state index in [0.29, 0.717) is 24.5 Å². The largest absolute Gasteiger partial charge is 0.395 e. The number of nitrogens with two attached hydrogens (primary N) is 1. The second-order valence-corrected chi connectivity index (χ2v) is 6.18. The average Bonchev–Trinajstić information content (AvgIpc) is 2.74. The maximum Gasteiger partial charge on any atom is 0.276 e. The first-order valence-electron chi connectivity index (χ1n) is 7.20. The van der Waals surface area contributed by atoms with Crippen LogP contribution in [0.2, 0.25) is 0 Å². The van der Waals surface area contributed by atoms with Crippen LogP contribution >= 0.6 is 0 Å². The van der Waals surface area contributed by atoms with Gasteiger partial charge in [-0.1, -0.05) is 13.3 Å². The molecular weight excluding hydrogens is 254 g/mol. The Morgan fingerprint density at radius 2 is 2.15 bits per heavy atom. The number of likely N-dealkylation sites (N-methyl/N-ethyl adjacent to an activating group) is 1. The molecule has 1 aliphatic heterocycles. The van der Waals surface area contributed by atoms with E-state index in [4.69, 9.17) is 5.73 Å². The van der Waals surface area contributed by atoms with Crippen molar-refractivity contribution in [2.45, 2.75) is 39.2 Å². The second kappa shape index (κ2) is 5.44. The molecule has 0 aliphatic carbocycles. The number of nitrogens with zero attached hydrogens (tertiary/aromatic N) is 3. The molecule has 112 valence electrons. The summed E-state index contributed by atoms with van der Waals surface area (Å²) >= 11 is 0. The Hall–Kier alpha value is -1.56. The van der Waals surface area contributed by atoms with Gasteiger partial charge in [0.2, 0.25) is 0 Å². The number of anilines is 1. The van der Waals surface area contributed by atoms with Crippen molar-refractivity contribution in [2.24, 2.45) is 0 Å². The zero-order chi connectivity index (χ0) is 14.9. The number of carbonyl (C=O) groups is 1. The summed E-state index contributed by atoms with van der Waals surface area (Å²) in [6, 6.07) is 0. The predicted molar refractivity (Wildman–Crippen MR) is 79.6 cm³/mol. The number of aryl methyl sites for hydroxylation is 1. The highest BCUT2D eigenvalue weighted by molar-refractivity contribution is 5.97. The first kappa shape index (κ1) is 14.8. The average molecular weight is 279 g/mol. The first-order chi connectivity index (χ1) is 9.36. The molecule has 2 rings (SSSR count). The quantitative estimate of drug-likeness (QED) is 0.869. The Balaban J connectivity index is 2.16. The van der Waals surface area contributed by atoms with Gasteiger partial charge in [0.25, 0.3) is 5.91 Å². The van der Waals surface area contributed by atoms with Gasteiger partial charge in [-0.2, -0.15) is 5.10 Å². The number of nitrogens with one attached hydrogen (secondary N) is 1. The van der Waals surface area contributed by atoms with Gasteiger partial charge >= 0.3 is 0 Å². The number of piperazine rings is 1. The van der Waals surface area contributed by atoms with Gasteiger partial charge in [-0.05, 0) is 27.3 Å². The third kappa shape index (κ3) is 2.65. The first-order valence-corrected chi connectivity index (χ1v) is 7.20. The van der Waals surface area contributed by atoms with E-state index in [1.807, 2.05) is 4.90 Å². The summed E-state index contributed by atoms with van der Waals surface area (Å²) in [5.41, 5.74) is 7.76. The smallest absolute Gasteiger partial charge is 0.276 e. The summed E-state index contributed by atoms with van der Waals surface area (Å²) in [6.45, 7) is 8.63. The van der Waals surface area contributed by atoms with Crippen LogP contribution in [0.1, 0.15) is 43.4 Å². The fourth-order valence-corrected chi connectivity index (χ4v) is 2.55. The van der Waals surface area contributed by atoms with E-state index < -0.39 is 0 Å². The summed E-state index contributed by atoms with van der Waals surface area (Å²) in [5.74, 6) is -0.0673. The molecule has 1 amide bonds. The number of aromatic nitrogens is 2. The lowest BCUT2D eigenvalue weighted by Crippen LogP contribution is -2.58. The lowest BCUT2D eigenvalue weighted by Gasteiger charge is -2.45. The third-order valence-electron chi connectivity index (χ3n) is 4.19. The topological polar surface area (TPSA) is 78.2 Å². The molecule has 0 saturated carbocycles. The summed E-state index contributed by atoms with van der Waals surface area (Å²) in [5, 5.41) is 7.01. The van der Waals surface area contributed by atoms with Crippen molar-refractivity contribution in [3.63, 3.8) is 0 Å². The lowest BCUT2D eigenvalue weighted by molar-refractivity contribution is 0.0308. The van der Waals surface area contributed by atoms with Crippen molar-refractivity contribution >= 4 is 11.6 Å². The Kier molecular flexibility index (Phi) is 4.04. The fraction of sp³-hybridized carbons (Fsp3) is 0.714. The molecule has 6 heteroatoms. The highest BCUT2D eigenvalue weighted by Gasteiger charge is 2.34. The number of H-pyrrole nitrogens is 1. The highest BCUT2D eigenvalue weighted by Crippen LogP contribution is 2.23. The Bertz CT molecular complexity index is 494. The predicted octanol–water partition coefficient (Wildman–Crippen LogP) is 1.11. The number of rotatable bonds is 3. The number of aromatic amines is 1. The normalized spacial score (nSPS) is 19.3. The third-order valence-corrected chi connectivity index (χ3v) is 4.19. The number of hydrogen-bond acceptors (Lipinski definition) is 4.